The molecule has 0 heterocycles. The number of esters is 1. The summed E-state index contributed by atoms with van der Waals surface area (Å²) in [4.78, 5) is 12.1. The lowest BCUT2D eigenvalue weighted by molar-refractivity contribution is 0.0734. The van der Waals surface area contributed by atoms with E-state index in [4.69, 9.17) is 17.0 Å². The van der Waals surface area contributed by atoms with E-state index < -0.39 is 5.97 Å². The van der Waals surface area contributed by atoms with Gasteiger partial charge in [-0.25, -0.2) is 4.79 Å². The Morgan fingerprint density at radius 2 is 1.79 bits per heavy atom. The van der Waals surface area contributed by atoms with Gasteiger partial charge in [0.05, 0.1) is 11.8 Å². The number of hydrogen-bond acceptors (Lipinski definition) is 4. The number of anilines is 1. The average molecular weight is 468 g/mol. The number of ether oxygens (including phenoxy) is 1. The average Bonchev–Trinajstić information content (AvgIpc) is 2.70. The Morgan fingerprint density at radius 1 is 1.07 bits per heavy atom. The van der Waals surface area contributed by atoms with Crippen LogP contribution in [0.15, 0.2) is 82.4 Å². The van der Waals surface area contributed by atoms with Gasteiger partial charge in [0.15, 0.2) is 5.11 Å². The van der Waals surface area contributed by atoms with Crippen molar-refractivity contribution in [3.05, 3.63) is 94.0 Å². The lowest BCUT2D eigenvalue weighted by Gasteiger charge is -2.07. The van der Waals surface area contributed by atoms with Crippen molar-refractivity contribution < 1.29 is 9.53 Å². The first-order chi connectivity index (χ1) is 14.0. The molecule has 0 aliphatic heterocycles. The molecule has 0 aliphatic rings. The van der Waals surface area contributed by atoms with E-state index in [0.717, 1.165) is 21.3 Å². The first-order valence-corrected chi connectivity index (χ1v) is 9.94. The third-order valence-electron chi connectivity index (χ3n) is 3.83. The maximum Gasteiger partial charge on any atom is 0.343 e. The summed E-state index contributed by atoms with van der Waals surface area (Å²) in [7, 11) is 0. The predicted molar refractivity (Wildman–Crippen MR) is 124 cm³/mol. The molecule has 0 bridgehead atoms. The smallest absolute Gasteiger partial charge is 0.343 e. The third kappa shape index (κ3) is 6.51. The fourth-order valence-electron chi connectivity index (χ4n) is 2.42. The summed E-state index contributed by atoms with van der Waals surface area (Å²) in [5.74, 6) is 0.0489. The molecular formula is C22H18BrN3O2S. The van der Waals surface area contributed by atoms with Crippen LogP contribution >= 0.6 is 28.1 Å². The lowest BCUT2D eigenvalue weighted by Crippen LogP contribution is -2.23. The van der Waals surface area contributed by atoms with Crippen molar-refractivity contribution in [3.8, 4) is 5.75 Å². The first kappa shape index (κ1) is 20.7. The molecule has 0 fully saturated rings. The van der Waals surface area contributed by atoms with Crippen LogP contribution in [0, 0.1) is 6.92 Å². The molecule has 0 unspecified atom stereocenters. The molecule has 5 nitrogen and oxygen atoms in total. The number of benzene rings is 3. The van der Waals surface area contributed by atoms with Crippen LogP contribution in [-0.2, 0) is 0 Å². The maximum absolute atomic E-state index is 12.1. The van der Waals surface area contributed by atoms with Crippen molar-refractivity contribution in [3.63, 3.8) is 0 Å². The maximum atomic E-state index is 12.1. The van der Waals surface area contributed by atoms with Gasteiger partial charge >= 0.3 is 5.97 Å². The Kier molecular flexibility index (Phi) is 7.10. The molecule has 0 radical (unpaired) electrons. The minimum Gasteiger partial charge on any atom is -0.423 e. The molecular weight excluding hydrogens is 450 g/mol. The number of nitrogens with one attached hydrogen (secondary N) is 2. The zero-order valence-corrected chi connectivity index (χ0v) is 18.0. The molecule has 0 aromatic heterocycles. The number of halogens is 1. The Balaban J connectivity index is 1.51. The van der Waals surface area contributed by atoms with E-state index in [1.807, 2.05) is 31.2 Å². The summed E-state index contributed by atoms with van der Waals surface area (Å²) >= 11 is 8.56. The summed E-state index contributed by atoms with van der Waals surface area (Å²) in [6.07, 6.45) is 1.63. The summed E-state index contributed by atoms with van der Waals surface area (Å²) in [5, 5.41) is 7.58. The summed E-state index contributed by atoms with van der Waals surface area (Å²) in [6.45, 7) is 2.01. The number of hydrogen-bond donors (Lipinski definition) is 2. The van der Waals surface area contributed by atoms with Gasteiger partial charge in [-0.15, -0.1) is 0 Å². The standard InChI is InChI=1S/C22H18BrN3O2S/c1-15-3-2-4-19(13-15)25-22(29)26-24-14-16-5-11-20(12-6-16)28-21(27)17-7-9-18(23)10-8-17/h2-14H,1H3,(H2,25,26,29)/b24-14+. The third-order valence-corrected chi connectivity index (χ3v) is 4.55. The summed E-state index contributed by atoms with van der Waals surface area (Å²) in [5.41, 5.74) is 6.13. The largest absolute Gasteiger partial charge is 0.423 e. The number of thiocarbonyl (C=S) groups is 1. The fourth-order valence-corrected chi connectivity index (χ4v) is 2.86. The number of carbonyl (C=O) groups excluding carboxylic acids is 1. The second-order valence-corrected chi connectivity index (χ2v) is 7.48. The van der Waals surface area contributed by atoms with Crippen LogP contribution in [0.25, 0.3) is 0 Å². The Morgan fingerprint density at radius 3 is 2.48 bits per heavy atom. The molecule has 2 N–H and O–H groups in total. The predicted octanol–water partition coefficient (Wildman–Crippen LogP) is 5.30. The molecule has 0 aliphatic carbocycles. The van der Waals surface area contributed by atoms with Crippen molar-refractivity contribution in [1.82, 2.24) is 5.43 Å². The van der Waals surface area contributed by atoms with E-state index in [-0.39, 0.29) is 0 Å². The molecule has 0 atom stereocenters. The lowest BCUT2D eigenvalue weighted by atomic mass is 10.2. The van der Waals surface area contributed by atoms with Crippen molar-refractivity contribution in [2.45, 2.75) is 6.92 Å². The highest BCUT2D eigenvalue weighted by molar-refractivity contribution is 9.10. The molecule has 3 aromatic carbocycles. The molecule has 0 amide bonds. The van der Waals surface area contributed by atoms with Crippen molar-refractivity contribution in [1.29, 1.82) is 0 Å². The number of nitrogens with zero attached hydrogens (tertiary/aromatic N) is 1. The monoisotopic (exact) mass is 467 g/mol. The zero-order chi connectivity index (χ0) is 20.6. The molecule has 0 saturated heterocycles. The van der Waals surface area contributed by atoms with Crippen LogP contribution in [0.4, 0.5) is 5.69 Å². The zero-order valence-electron chi connectivity index (χ0n) is 15.6. The Hall–Kier alpha value is -3.03. The van der Waals surface area contributed by atoms with Crippen LogP contribution in [0.5, 0.6) is 5.75 Å². The number of hydrazone groups is 1. The number of rotatable bonds is 5. The van der Waals surface area contributed by atoms with Gasteiger partial charge in [0.1, 0.15) is 5.75 Å². The van der Waals surface area contributed by atoms with Crippen LogP contribution < -0.4 is 15.5 Å². The van der Waals surface area contributed by atoms with Gasteiger partial charge in [0, 0.05) is 10.2 Å². The van der Waals surface area contributed by atoms with Crippen molar-refractivity contribution in [2.24, 2.45) is 5.10 Å². The molecule has 7 heteroatoms. The Bertz CT molecular complexity index is 1030. The van der Waals surface area contributed by atoms with Crippen LogP contribution in [0.2, 0.25) is 0 Å². The second-order valence-electron chi connectivity index (χ2n) is 6.16. The van der Waals surface area contributed by atoms with Crippen molar-refractivity contribution in [2.75, 3.05) is 5.32 Å². The van der Waals surface area contributed by atoms with Crippen molar-refractivity contribution >= 4 is 51.1 Å². The highest BCUT2D eigenvalue weighted by atomic mass is 79.9. The van der Waals surface area contributed by atoms with Gasteiger partial charge in [-0.2, -0.15) is 5.10 Å². The topological polar surface area (TPSA) is 62.7 Å². The van der Waals surface area contributed by atoms with Gasteiger partial charge in [0.2, 0.25) is 0 Å². The highest BCUT2D eigenvalue weighted by Gasteiger charge is 2.08. The van der Waals surface area contributed by atoms with E-state index in [1.165, 1.54) is 0 Å². The minimum atomic E-state index is -0.409. The normalized spacial score (nSPS) is 10.6. The van der Waals surface area contributed by atoms with Gasteiger partial charge in [0.25, 0.3) is 0 Å². The van der Waals surface area contributed by atoms with Crippen LogP contribution in [0.3, 0.4) is 0 Å². The first-order valence-electron chi connectivity index (χ1n) is 8.74. The molecule has 0 saturated carbocycles. The quantitative estimate of drug-likeness (QED) is 0.175. The van der Waals surface area contributed by atoms with E-state index in [1.54, 1.807) is 54.7 Å². The van der Waals surface area contributed by atoms with E-state index >= 15 is 0 Å². The molecule has 29 heavy (non-hydrogen) atoms. The fraction of sp³-hybridized carbons (Fsp3) is 0.0455. The summed E-state index contributed by atoms with van der Waals surface area (Å²) in [6, 6.07) is 21.9. The highest BCUT2D eigenvalue weighted by Crippen LogP contribution is 2.15. The van der Waals surface area contributed by atoms with Gasteiger partial charge in [-0.3, -0.25) is 5.43 Å². The molecule has 3 rings (SSSR count). The molecule has 0 spiro atoms. The summed E-state index contributed by atoms with van der Waals surface area (Å²) < 4.78 is 6.27. The van der Waals surface area contributed by atoms with E-state index in [2.05, 4.69) is 31.8 Å². The minimum absolute atomic E-state index is 0.395. The van der Waals surface area contributed by atoms with E-state index in [9.17, 15) is 4.79 Å². The van der Waals surface area contributed by atoms with E-state index in [0.29, 0.717) is 16.4 Å². The van der Waals surface area contributed by atoms with Crippen LogP contribution in [-0.4, -0.2) is 17.3 Å². The molecule has 146 valence electrons. The molecule has 3 aromatic rings. The van der Waals surface area contributed by atoms with Crippen LogP contribution in [0.1, 0.15) is 21.5 Å². The van der Waals surface area contributed by atoms with Gasteiger partial charge in [-0.1, -0.05) is 28.1 Å². The SMILES string of the molecule is Cc1cccc(NC(=S)N/N=C/c2ccc(OC(=O)c3ccc(Br)cc3)cc2)c1. The number of aryl methyl sites for hydroxylation is 1. The number of carbonyl (C=O) groups is 1. The Labute approximate surface area is 182 Å². The van der Waals surface area contributed by atoms with Gasteiger partial charge < -0.3 is 10.1 Å². The second kappa shape index (κ2) is 9.95. The van der Waals surface area contributed by atoms with Gasteiger partial charge in [-0.05, 0) is 90.9 Å².